The van der Waals surface area contributed by atoms with Gasteiger partial charge < -0.3 is 5.73 Å². The summed E-state index contributed by atoms with van der Waals surface area (Å²) in [7, 11) is 0. The van der Waals surface area contributed by atoms with Crippen molar-refractivity contribution in [1.82, 2.24) is 4.90 Å². The van der Waals surface area contributed by atoms with E-state index in [-0.39, 0.29) is 0 Å². The van der Waals surface area contributed by atoms with Crippen molar-refractivity contribution in [3.8, 4) is 0 Å². The molecule has 0 spiro atoms. The van der Waals surface area contributed by atoms with E-state index < -0.39 is 0 Å². The summed E-state index contributed by atoms with van der Waals surface area (Å²) >= 11 is 0. The summed E-state index contributed by atoms with van der Waals surface area (Å²) < 4.78 is 0. The number of benzene rings is 1. The van der Waals surface area contributed by atoms with Gasteiger partial charge in [0, 0.05) is 19.1 Å². The summed E-state index contributed by atoms with van der Waals surface area (Å²) in [6.45, 7) is 5.30. The predicted octanol–water partition coefficient (Wildman–Crippen LogP) is 2.13. The molecule has 0 aliphatic carbocycles. The highest BCUT2D eigenvalue weighted by Crippen LogP contribution is 2.19. The van der Waals surface area contributed by atoms with Crippen LogP contribution in [0, 0.1) is 0 Å². The summed E-state index contributed by atoms with van der Waals surface area (Å²) in [5.74, 6) is 0. The molecule has 1 aromatic carbocycles. The van der Waals surface area contributed by atoms with Crippen LogP contribution in [-0.4, -0.2) is 17.5 Å². The second kappa shape index (κ2) is 4.77. The van der Waals surface area contributed by atoms with Crippen LogP contribution in [0.25, 0.3) is 0 Å². The zero-order chi connectivity index (χ0) is 10.7. The molecule has 1 unspecified atom stereocenters. The third-order valence-corrected chi connectivity index (χ3v) is 3.33. The highest BCUT2D eigenvalue weighted by molar-refractivity contribution is 5.22. The van der Waals surface area contributed by atoms with Gasteiger partial charge in [-0.15, -0.1) is 0 Å². The van der Waals surface area contributed by atoms with Gasteiger partial charge in [-0.3, -0.25) is 4.90 Å². The van der Waals surface area contributed by atoms with Crippen molar-refractivity contribution in [2.24, 2.45) is 5.73 Å². The molecule has 2 N–H and O–H groups in total. The van der Waals surface area contributed by atoms with Crippen LogP contribution in [0.4, 0.5) is 0 Å². The average Bonchev–Trinajstić information content (AvgIpc) is 2.66. The van der Waals surface area contributed by atoms with Gasteiger partial charge in [0.15, 0.2) is 0 Å². The van der Waals surface area contributed by atoms with E-state index >= 15 is 0 Å². The van der Waals surface area contributed by atoms with Crippen molar-refractivity contribution in [1.29, 1.82) is 0 Å². The first kappa shape index (κ1) is 10.7. The minimum absolute atomic E-state index is 0.639. The van der Waals surface area contributed by atoms with Gasteiger partial charge in [-0.05, 0) is 37.4 Å². The molecule has 15 heavy (non-hydrogen) atoms. The second-order valence-electron chi connectivity index (χ2n) is 4.48. The maximum Gasteiger partial charge on any atom is 0.0236 e. The van der Waals surface area contributed by atoms with Crippen molar-refractivity contribution in [2.45, 2.75) is 38.9 Å². The van der Waals surface area contributed by atoms with E-state index in [0.29, 0.717) is 6.54 Å². The van der Waals surface area contributed by atoms with Gasteiger partial charge in [0.05, 0.1) is 0 Å². The fourth-order valence-corrected chi connectivity index (χ4v) is 2.24. The van der Waals surface area contributed by atoms with Gasteiger partial charge in [-0.25, -0.2) is 0 Å². The van der Waals surface area contributed by atoms with E-state index in [1.54, 1.807) is 0 Å². The van der Waals surface area contributed by atoms with Crippen molar-refractivity contribution in [2.75, 3.05) is 6.54 Å². The van der Waals surface area contributed by atoms with Crippen LogP contribution >= 0.6 is 0 Å². The molecule has 2 nitrogen and oxygen atoms in total. The molecule has 0 saturated carbocycles. The van der Waals surface area contributed by atoms with E-state index in [4.69, 9.17) is 5.73 Å². The molecule has 2 rings (SSSR count). The smallest absolute Gasteiger partial charge is 0.0236 e. The summed E-state index contributed by atoms with van der Waals surface area (Å²) in [6, 6.07) is 9.42. The Morgan fingerprint density at radius 3 is 2.47 bits per heavy atom. The van der Waals surface area contributed by atoms with Gasteiger partial charge in [0.1, 0.15) is 0 Å². The van der Waals surface area contributed by atoms with Crippen molar-refractivity contribution in [3.63, 3.8) is 0 Å². The van der Waals surface area contributed by atoms with E-state index in [9.17, 15) is 0 Å². The molecule has 1 saturated heterocycles. The molecule has 1 aromatic rings. The zero-order valence-electron chi connectivity index (χ0n) is 9.45. The molecule has 1 atom stereocenters. The lowest BCUT2D eigenvalue weighted by Crippen LogP contribution is -2.26. The number of nitrogens with two attached hydrogens (primary N) is 1. The van der Waals surface area contributed by atoms with Crippen LogP contribution in [0.2, 0.25) is 0 Å². The van der Waals surface area contributed by atoms with E-state index in [1.165, 1.54) is 30.5 Å². The molecule has 1 aliphatic heterocycles. The van der Waals surface area contributed by atoms with Crippen LogP contribution in [0.1, 0.15) is 30.9 Å². The lowest BCUT2D eigenvalue weighted by atomic mass is 10.1. The molecule has 0 radical (unpaired) electrons. The Balaban J connectivity index is 1.98. The Morgan fingerprint density at radius 2 is 1.93 bits per heavy atom. The van der Waals surface area contributed by atoms with Gasteiger partial charge in [-0.2, -0.15) is 0 Å². The summed E-state index contributed by atoms with van der Waals surface area (Å²) in [5, 5.41) is 0. The molecule has 1 heterocycles. The van der Waals surface area contributed by atoms with Crippen molar-refractivity contribution >= 4 is 0 Å². The molecule has 2 heteroatoms. The van der Waals surface area contributed by atoms with E-state index in [2.05, 4.69) is 36.1 Å². The Morgan fingerprint density at radius 1 is 1.27 bits per heavy atom. The number of likely N-dealkylation sites (tertiary alicyclic amines) is 1. The normalized spacial score (nSPS) is 22.1. The predicted molar refractivity (Wildman–Crippen MR) is 63.4 cm³/mol. The standard InChI is InChI=1S/C13H20N2/c1-11-3-2-8-15(11)10-13-6-4-12(9-14)5-7-13/h4-7,11H,2-3,8-10,14H2,1H3. The van der Waals surface area contributed by atoms with Crippen LogP contribution < -0.4 is 5.73 Å². The largest absolute Gasteiger partial charge is 0.326 e. The summed E-state index contributed by atoms with van der Waals surface area (Å²) in [4.78, 5) is 2.55. The summed E-state index contributed by atoms with van der Waals surface area (Å²) in [5.41, 5.74) is 8.19. The highest BCUT2D eigenvalue weighted by Gasteiger charge is 2.19. The van der Waals surface area contributed by atoms with Crippen LogP contribution in [-0.2, 0) is 13.1 Å². The summed E-state index contributed by atoms with van der Waals surface area (Å²) in [6.07, 6.45) is 2.70. The van der Waals surface area contributed by atoms with E-state index in [1.807, 2.05) is 0 Å². The van der Waals surface area contributed by atoms with Crippen molar-refractivity contribution < 1.29 is 0 Å². The SMILES string of the molecule is CC1CCCN1Cc1ccc(CN)cc1. The first-order valence-electron chi connectivity index (χ1n) is 5.81. The topological polar surface area (TPSA) is 29.3 Å². The Labute approximate surface area is 92.1 Å². The maximum absolute atomic E-state index is 5.58. The molecule has 1 fully saturated rings. The molecule has 0 amide bonds. The van der Waals surface area contributed by atoms with Crippen LogP contribution in [0.3, 0.4) is 0 Å². The molecule has 1 aliphatic rings. The lowest BCUT2D eigenvalue weighted by molar-refractivity contribution is 0.260. The Kier molecular flexibility index (Phi) is 3.39. The second-order valence-corrected chi connectivity index (χ2v) is 4.48. The molecular weight excluding hydrogens is 184 g/mol. The lowest BCUT2D eigenvalue weighted by Gasteiger charge is -2.20. The zero-order valence-corrected chi connectivity index (χ0v) is 9.45. The Bertz CT molecular complexity index is 305. The van der Waals surface area contributed by atoms with Crippen molar-refractivity contribution in [3.05, 3.63) is 35.4 Å². The minimum Gasteiger partial charge on any atom is -0.326 e. The van der Waals surface area contributed by atoms with E-state index in [0.717, 1.165) is 12.6 Å². The highest BCUT2D eigenvalue weighted by atomic mass is 15.2. The number of nitrogens with zero attached hydrogens (tertiary/aromatic N) is 1. The fourth-order valence-electron chi connectivity index (χ4n) is 2.24. The van der Waals surface area contributed by atoms with Gasteiger partial charge in [-0.1, -0.05) is 24.3 Å². The van der Waals surface area contributed by atoms with Gasteiger partial charge in [0.25, 0.3) is 0 Å². The minimum atomic E-state index is 0.639. The first-order chi connectivity index (χ1) is 7.29. The number of hydrogen-bond acceptors (Lipinski definition) is 2. The first-order valence-corrected chi connectivity index (χ1v) is 5.81. The van der Waals surface area contributed by atoms with Crippen LogP contribution in [0.5, 0.6) is 0 Å². The molecular formula is C13H20N2. The third-order valence-electron chi connectivity index (χ3n) is 3.33. The quantitative estimate of drug-likeness (QED) is 0.817. The molecule has 0 bridgehead atoms. The van der Waals surface area contributed by atoms with Gasteiger partial charge >= 0.3 is 0 Å². The fraction of sp³-hybridized carbons (Fsp3) is 0.538. The Hall–Kier alpha value is -0.860. The molecule has 82 valence electrons. The van der Waals surface area contributed by atoms with Gasteiger partial charge in [0.2, 0.25) is 0 Å². The number of hydrogen-bond donors (Lipinski definition) is 1. The molecule has 0 aromatic heterocycles. The third kappa shape index (κ3) is 2.58. The monoisotopic (exact) mass is 204 g/mol. The number of rotatable bonds is 3. The average molecular weight is 204 g/mol. The maximum atomic E-state index is 5.58. The van der Waals surface area contributed by atoms with Crippen LogP contribution in [0.15, 0.2) is 24.3 Å².